The largest absolute Gasteiger partial charge is 0.477 e. The number of pyridine rings is 1. The lowest BCUT2D eigenvalue weighted by atomic mass is 10.2. The third-order valence-electron chi connectivity index (χ3n) is 3.13. The molecule has 0 spiro atoms. The van der Waals surface area contributed by atoms with E-state index in [4.69, 9.17) is 16.3 Å². The molecular formula is C16H17ClN2O4S. The highest BCUT2D eigenvalue weighted by atomic mass is 35.5. The van der Waals surface area contributed by atoms with E-state index in [9.17, 15) is 13.2 Å². The van der Waals surface area contributed by atoms with Crippen LogP contribution >= 0.6 is 11.6 Å². The summed E-state index contributed by atoms with van der Waals surface area (Å²) >= 11 is 5.94. The maximum absolute atomic E-state index is 12.1. The molecule has 2 rings (SSSR count). The van der Waals surface area contributed by atoms with E-state index in [1.807, 2.05) is 0 Å². The van der Waals surface area contributed by atoms with E-state index in [1.165, 1.54) is 18.2 Å². The zero-order valence-corrected chi connectivity index (χ0v) is 14.8. The molecule has 0 radical (unpaired) electrons. The molecule has 0 fully saturated rings. The van der Waals surface area contributed by atoms with Gasteiger partial charge in [0.15, 0.2) is 9.84 Å². The monoisotopic (exact) mass is 368 g/mol. The number of halogens is 1. The number of carbonyl (C=O) groups is 1. The fraction of sp³-hybridized carbons (Fsp3) is 0.250. The van der Waals surface area contributed by atoms with Crippen molar-refractivity contribution in [3.8, 4) is 5.88 Å². The summed E-state index contributed by atoms with van der Waals surface area (Å²) in [4.78, 5) is 16.5. The SMILES string of the molecule is CCOc1nc(C(=O)NCc2ccc(S(C)(=O)=O)cc2)ccc1Cl. The summed E-state index contributed by atoms with van der Waals surface area (Å²) in [5.74, 6) is -0.163. The number of sulfone groups is 1. The van der Waals surface area contributed by atoms with Crippen LogP contribution in [0.25, 0.3) is 0 Å². The topological polar surface area (TPSA) is 85.4 Å². The first-order valence-corrected chi connectivity index (χ1v) is 9.44. The predicted molar refractivity (Wildman–Crippen MR) is 91.1 cm³/mol. The Hall–Kier alpha value is -2.12. The predicted octanol–water partition coefficient (Wildman–Crippen LogP) is 2.47. The molecule has 1 amide bonds. The second-order valence-corrected chi connectivity index (χ2v) is 7.44. The fourth-order valence-corrected chi connectivity index (χ4v) is 2.71. The van der Waals surface area contributed by atoms with Gasteiger partial charge in [-0.25, -0.2) is 13.4 Å². The normalized spacial score (nSPS) is 11.1. The summed E-state index contributed by atoms with van der Waals surface area (Å²) < 4.78 is 28.1. The average molecular weight is 369 g/mol. The Morgan fingerprint density at radius 3 is 2.46 bits per heavy atom. The Labute approximate surface area is 145 Å². The van der Waals surface area contributed by atoms with Gasteiger partial charge >= 0.3 is 0 Å². The molecule has 0 aliphatic carbocycles. The van der Waals surface area contributed by atoms with Crippen LogP contribution in [0.15, 0.2) is 41.3 Å². The number of carbonyl (C=O) groups excluding carboxylic acids is 1. The van der Waals surface area contributed by atoms with Crippen molar-refractivity contribution in [1.82, 2.24) is 10.3 Å². The summed E-state index contributed by atoms with van der Waals surface area (Å²) in [5.41, 5.74) is 0.963. The number of hydrogen-bond donors (Lipinski definition) is 1. The quantitative estimate of drug-likeness (QED) is 0.846. The Kier molecular flexibility index (Phi) is 5.80. The minimum absolute atomic E-state index is 0.190. The van der Waals surface area contributed by atoms with Crippen LogP contribution in [0.1, 0.15) is 23.0 Å². The molecule has 8 heteroatoms. The van der Waals surface area contributed by atoms with Gasteiger partial charge in [0.25, 0.3) is 5.91 Å². The fourth-order valence-electron chi connectivity index (χ4n) is 1.92. The van der Waals surface area contributed by atoms with E-state index < -0.39 is 9.84 Å². The highest BCUT2D eigenvalue weighted by Gasteiger charge is 2.12. The van der Waals surface area contributed by atoms with E-state index in [2.05, 4.69) is 10.3 Å². The van der Waals surface area contributed by atoms with Gasteiger partial charge in [0, 0.05) is 12.8 Å². The van der Waals surface area contributed by atoms with Crippen LogP contribution in [0.4, 0.5) is 0 Å². The number of rotatable bonds is 6. The van der Waals surface area contributed by atoms with E-state index in [0.29, 0.717) is 11.6 Å². The standard InChI is InChI=1S/C16H17ClN2O4S/c1-3-23-16-13(17)8-9-14(19-16)15(20)18-10-11-4-6-12(7-5-11)24(2,21)22/h4-9H,3,10H2,1-2H3,(H,18,20). The zero-order chi connectivity index (χ0) is 17.7. The van der Waals surface area contributed by atoms with Crippen molar-refractivity contribution in [2.24, 2.45) is 0 Å². The summed E-state index contributed by atoms with van der Waals surface area (Å²) in [6.45, 7) is 2.44. The molecule has 0 bridgehead atoms. The molecule has 1 aromatic carbocycles. The van der Waals surface area contributed by atoms with Gasteiger partial charge < -0.3 is 10.1 Å². The summed E-state index contributed by atoms with van der Waals surface area (Å²) in [6.07, 6.45) is 1.14. The second-order valence-electron chi connectivity index (χ2n) is 5.02. The number of ether oxygens (including phenoxy) is 1. The molecule has 1 N–H and O–H groups in total. The number of nitrogens with zero attached hydrogens (tertiary/aromatic N) is 1. The van der Waals surface area contributed by atoms with Crippen molar-refractivity contribution >= 4 is 27.3 Å². The van der Waals surface area contributed by atoms with Crippen LogP contribution < -0.4 is 10.1 Å². The zero-order valence-electron chi connectivity index (χ0n) is 13.2. The lowest BCUT2D eigenvalue weighted by molar-refractivity contribution is 0.0944. The third-order valence-corrected chi connectivity index (χ3v) is 4.55. The van der Waals surface area contributed by atoms with Gasteiger partial charge in [0.1, 0.15) is 10.7 Å². The molecule has 0 aliphatic rings. The Bertz CT molecular complexity index is 836. The molecule has 1 heterocycles. The number of amides is 1. The minimum Gasteiger partial charge on any atom is -0.477 e. The number of benzene rings is 1. The molecule has 0 unspecified atom stereocenters. The van der Waals surface area contributed by atoms with E-state index in [1.54, 1.807) is 25.1 Å². The first-order valence-electron chi connectivity index (χ1n) is 7.18. The Balaban J connectivity index is 2.04. The highest BCUT2D eigenvalue weighted by Crippen LogP contribution is 2.21. The number of nitrogens with one attached hydrogen (secondary N) is 1. The lowest BCUT2D eigenvalue weighted by Crippen LogP contribution is -2.24. The van der Waals surface area contributed by atoms with E-state index >= 15 is 0 Å². The molecule has 128 valence electrons. The number of hydrogen-bond acceptors (Lipinski definition) is 5. The molecule has 0 saturated heterocycles. The van der Waals surface area contributed by atoms with Crippen LogP contribution in [-0.4, -0.2) is 32.2 Å². The third kappa shape index (κ3) is 4.69. The smallest absolute Gasteiger partial charge is 0.270 e. The molecule has 1 aromatic heterocycles. The van der Waals surface area contributed by atoms with Crippen molar-refractivity contribution in [3.63, 3.8) is 0 Å². The van der Waals surface area contributed by atoms with Crippen molar-refractivity contribution in [1.29, 1.82) is 0 Å². The average Bonchev–Trinajstić information content (AvgIpc) is 2.54. The summed E-state index contributed by atoms with van der Waals surface area (Å²) in [7, 11) is -3.23. The maximum Gasteiger partial charge on any atom is 0.270 e. The van der Waals surface area contributed by atoms with Crippen LogP contribution in [-0.2, 0) is 16.4 Å². The molecule has 0 saturated carbocycles. The summed E-state index contributed by atoms with van der Waals surface area (Å²) in [5, 5.41) is 3.05. The van der Waals surface area contributed by atoms with Crippen molar-refractivity contribution in [2.75, 3.05) is 12.9 Å². The van der Waals surface area contributed by atoms with Gasteiger partial charge in [-0.05, 0) is 36.8 Å². The van der Waals surface area contributed by atoms with Crippen LogP contribution in [0.5, 0.6) is 5.88 Å². The van der Waals surface area contributed by atoms with Crippen LogP contribution in [0.3, 0.4) is 0 Å². The first-order chi connectivity index (χ1) is 11.3. The lowest BCUT2D eigenvalue weighted by Gasteiger charge is -2.08. The summed E-state index contributed by atoms with van der Waals surface area (Å²) in [6, 6.07) is 9.37. The van der Waals surface area contributed by atoms with E-state index in [0.717, 1.165) is 11.8 Å². The van der Waals surface area contributed by atoms with Crippen LogP contribution in [0.2, 0.25) is 5.02 Å². The molecule has 24 heavy (non-hydrogen) atoms. The molecule has 6 nitrogen and oxygen atoms in total. The van der Waals surface area contributed by atoms with Gasteiger partial charge in [-0.1, -0.05) is 23.7 Å². The second kappa shape index (κ2) is 7.63. The number of aromatic nitrogens is 1. The van der Waals surface area contributed by atoms with Crippen molar-refractivity contribution in [2.45, 2.75) is 18.4 Å². The van der Waals surface area contributed by atoms with Gasteiger partial charge in [-0.3, -0.25) is 4.79 Å². The first kappa shape index (κ1) is 18.2. The van der Waals surface area contributed by atoms with E-state index in [-0.39, 0.29) is 28.9 Å². The Morgan fingerprint density at radius 1 is 1.21 bits per heavy atom. The van der Waals surface area contributed by atoms with Gasteiger partial charge in [-0.15, -0.1) is 0 Å². The Morgan fingerprint density at radius 2 is 1.88 bits per heavy atom. The van der Waals surface area contributed by atoms with Gasteiger partial charge in [-0.2, -0.15) is 0 Å². The molecule has 2 aromatic rings. The maximum atomic E-state index is 12.1. The highest BCUT2D eigenvalue weighted by molar-refractivity contribution is 7.90. The molecule has 0 atom stereocenters. The minimum atomic E-state index is -3.23. The van der Waals surface area contributed by atoms with Crippen molar-refractivity contribution < 1.29 is 17.9 Å². The van der Waals surface area contributed by atoms with Crippen molar-refractivity contribution in [3.05, 3.63) is 52.7 Å². The van der Waals surface area contributed by atoms with Crippen LogP contribution in [0, 0.1) is 0 Å². The molecule has 0 aliphatic heterocycles. The molecular weight excluding hydrogens is 352 g/mol. The van der Waals surface area contributed by atoms with Gasteiger partial charge in [0.05, 0.1) is 11.5 Å². The van der Waals surface area contributed by atoms with Gasteiger partial charge in [0.2, 0.25) is 5.88 Å².